The van der Waals surface area contributed by atoms with Gasteiger partial charge in [0.25, 0.3) is 5.78 Å². The van der Waals surface area contributed by atoms with Crippen molar-refractivity contribution in [2.45, 2.75) is 32.0 Å². The molecule has 1 saturated heterocycles. The van der Waals surface area contributed by atoms with Gasteiger partial charge in [-0.05, 0) is 37.6 Å². The van der Waals surface area contributed by atoms with Gasteiger partial charge < -0.3 is 9.63 Å². The standard InChI is InChI=1S/C19H19N7O.C2HF3O2/c1-2-10-25(9-1)13-14-4-6-15(7-5-14)18-22-17(27-24-18)12-16-21-19-20-8-3-11-26(19)23-16;3-2(4,5)1(6)7/h3-8,11H,1-2,9-10,12-13H2;(H,6,7). The number of hydrogen-bond donors (Lipinski definition) is 1. The Balaban J connectivity index is 0.000000344. The number of fused-ring (bicyclic) bond motifs is 1. The predicted octanol–water partition coefficient (Wildman–Crippen LogP) is 2.99. The molecule has 0 atom stereocenters. The minimum Gasteiger partial charge on any atom is -0.475 e. The van der Waals surface area contributed by atoms with E-state index in [1.165, 1.54) is 31.5 Å². The second-order valence-electron chi connectivity index (χ2n) is 7.56. The summed E-state index contributed by atoms with van der Waals surface area (Å²) < 4.78 is 38.7. The summed E-state index contributed by atoms with van der Waals surface area (Å²) in [6.45, 7) is 3.40. The number of aromatic nitrogens is 6. The van der Waals surface area contributed by atoms with E-state index in [0.29, 0.717) is 29.7 Å². The molecule has 34 heavy (non-hydrogen) atoms. The Hall–Kier alpha value is -3.87. The maximum Gasteiger partial charge on any atom is 0.490 e. The Morgan fingerprint density at radius 2 is 1.82 bits per heavy atom. The molecule has 3 aromatic heterocycles. The Bertz CT molecular complexity index is 1220. The third-order valence-electron chi connectivity index (χ3n) is 5.00. The molecular formula is C21H20F3N7O3. The van der Waals surface area contributed by atoms with Gasteiger partial charge in [-0.2, -0.15) is 23.1 Å². The highest BCUT2D eigenvalue weighted by Crippen LogP contribution is 2.19. The zero-order valence-electron chi connectivity index (χ0n) is 17.8. The molecule has 5 rings (SSSR count). The largest absolute Gasteiger partial charge is 0.490 e. The molecule has 1 N–H and O–H groups in total. The van der Waals surface area contributed by atoms with E-state index in [-0.39, 0.29) is 0 Å². The number of nitrogens with zero attached hydrogens (tertiary/aromatic N) is 7. The fourth-order valence-electron chi connectivity index (χ4n) is 3.39. The van der Waals surface area contributed by atoms with E-state index in [0.717, 1.165) is 12.1 Å². The molecule has 13 heteroatoms. The molecule has 0 unspecified atom stereocenters. The van der Waals surface area contributed by atoms with E-state index in [1.807, 2.05) is 24.4 Å². The number of benzene rings is 1. The molecular weight excluding hydrogens is 455 g/mol. The van der Waals surface area contributed by atoms with E-state index in [9.17, 15) is 13.2 Å². The van der Waals surface area contributed by atoms with Crippen LogP contribution >= 0.6 is 0 Å². The number of carboxylic acids is 1. The summed E-state index contributed by atoms with van der Waals surface area (Å²) in [6.07, 6.45) is 1.40. The second-order valence-corrected chi connectivity index (χ2v) is 7.56. The summed E-state index contributed by atoms with van der Waals surface area (Å²) in [4.78, 5) is 24.4. The number of hydrogen-bond acceptors (Lipinski definition) is 8. The van der Waals surface area contributed by atoms with Gasteiger partial charge in [-0.1, -0.05) is 29.4 Å². The summed E-state index contributed by atoms with van der Waals surface area (Å²) >= 11 is 0. The first-order valence-electron chi connectivity index (χ1n) is 10.4. The number of rotatable bonds is 5. The lowest BCUT2D eigenvalue weighted by Crippen LogP contribution is -2.21. The van der Waals surface area contributed by atoms with Crippen molar-refractivity contribution in [2.24, 2.45) is 0 Å². The summed E-state index contributed by atoms with van der Waals surface area (Å²) in [5, 5.41) is 15.6. The maximum atomic E-state index is 10.6. The summed E-state index contributed by atoms with van der Waals surface area (Å²) in [7, 11) is 0. The zero-order valence-corrected chi connectivity index (χ0v) is 17.8. The van der Waals surface area contributed by atoms with Crippen molar-refractivity contribution < 1.29 is 27.6 Å². The van der Waals surface area contributed by atoms with Crippen LogP contribution in [0, 0.1) is 0 Å². The summed E-state index contributed by atoms with van der Waals surface area (Å²) in [6, 6.07) is 10.2. The lowest BCUT2D eigenvalue weighted by molar-refractivity contribution is -0.192. The Labute approximate surface area is 191 Å². The molecule has 4 heterocycles. The molecule has 10 nitrogen and oxygen atoms in total. The fraction of sp³-hybridized carbons (Fsp3) is 0.333. The number of aliphatic carboxylic acids is 1. The van der Waals surface area contributed by atoms with Gasteiger partial charge in [0.05, 0.1) is 6.42 Å². The first-order chi connectivity index (χ1) is 16.3. The van der Waals surface area contributed by atoms with Crippen LogP contribution in [-0.2, 0) is 17.8 Å². The van der Waals surface area contributed by atoms with Crippen molar-refractivity contribution in [1.29, 1.82) is 0 Å². The molecule has 0 radical (unpaired) electrons. The highest BCUT2D eigenvalue weighted by Gasteiger charge is 2.38. The molecule has 1 aliphatic rings. The second kappa shape index (κ2) is 9.95. The Kier molecular flexibility index (Phi) is 6.82. The molecule has 0 aliphatic carbocycles. The minimum atomic E-state index is -5.08. The van der Waals surface area contributed by atoms with Crippen molar-refractivity contribution >= 4 is 11.7 Å². The van der Waals surface area contributed by atoms with E-state index in [2.05, 4.69) is 42.2 Å². The molecule has 1 aliphatic heterocycles. The number of carbonyl (C=O) groups is 1. The van der Waals surface area contributed by atoms with E-state index in [1.54, 1.807) is 10.7 Å². The molecule has 178 valence electrons. The van der Waals surface area contributed by atoms with Crippen LogP contribution in [0.1, 0.15) is 30.1 Å². The van der Waals surface area contributed by atoms with Crippen LogP contribution in [0.25, 0.3) is 17.2 Å². The Morgan fingerprint density at radius 1 is 1.12 bits per heavy atom. The van der Waals surface area contributed by atoms with Crippen LogP contribution < -0.4 is 0 Å². The van der Waals surface area contributed by atoms with Gasteiger partial charge >= 0.3 is 12.1 Å². The predicted molar refractivity (Wildman–Crippen MR) is 112 cm³/mol. The first kappa shape index (κ1) is 23.3. The SMILES string of the molecule is O=C(O)C(F)(F)F.c1cnc2nc(Cc3nc(-c4ccc(CN5CCCC5)cc4)no3)nn2c1. The minimum absolute atomic E-state index is 0.378. The van der Waals surface area contributed by atoms with E-state index >= 15 is 0 Å². The lowest BCUT2D eigenvalue weighted by atomic mass is 10.1. The van der Waals surface area contributed by atoms with Gasteiger partial charge in [-0.15, -0.1) is 5.10 Å². The zero-order chi connectivity index (χ0) is 24.1. The number of halogens is 3. The third-order valence-corrected chi connectivity index (χ3v) is 5.00. The van der Waals surface area contributed by atoms with Crippen molar-refractivity contribution in [1.82, 2.24) is 34.6 Å². The van der Waals surface area contributed by atoms with Gasteiger partial charge in [0.2, 0.25) is 11.7 Å². The highest BCUT2D eigenvalue weighted by molar-refractivity contribution is 5.73. The number of carboxylic acid groups (broad SMARTS) is 1. The normalized spacial score (nSPS) is 14.2. The van der Waals surface area contributed by atoms with Gasteiger partial charge in [0.1, 0.15) is 0 Å². The van der Waals surface area contributed by atoms with E-state index < -0.39 is 12.1 Å². The molecule has 0 saturated carbocycles. The lowest BCUT2D eigenvalue weighted by Gasteiger charge is -2.14. The summed E-state index contributed by atoms with van der Waals surface area (Å²) in [5.41, 5.74) is 2.26. The Morgan fingerprint density at radius 3 is 2.47 bits per heavy atom. The average molecular weight is 475 g/mol. The number of alkyl halides is 3. The van der Waals surface area contributed by atoms with Crippen LogP contribution in [0.4, 0.5) is 13.2 Å². The topological polar surface area (TPSA) is 123 Å². The summed E-state index contributed by atoms with van der Waals surface area (Å²) in [5.74, 6) is -0.528. The smallest absolute Gasteiger partial charge is 0.475 e. The molecule has 1 aromatic carbocycles. The van der Waals surface area contributed by atoms with Crippen LogP contribution in [0.3, 0.4) is 0 Å². The highest BCUT2D eigenvalue weighted by atomic mass is 19.4. The molecule has 0 spiro atoms. The van der Waals surface area contributed by atoms with Crippen LogP contribution in [0.5, 0.6) is 0 Å². The third kappa shape index (κ3) is 5.92. The molecule has 4 aromatic rings. The van der Waals surface area contributed by atoms with Crippen molar-refractivity contribution in [2.75, 3.05) is 13.1 Å². The van der Waals surface area contributed by atoms with E-state index in [4.69, 9.17) is 14.4 Å². The van der Waals surface area contributed by atoms with Crippen LogP contribution in [0.15, 0.2) is 47.2 Å². The van der Waals surface area contributed by atoms with Gasteiger partial charge in [0.15, 0.2) is 5.82 Å². The average Bonchev–Trinajstić information content (AvgIpc) is 3.55. The van der Waals surface area contributed by atoms with Crippen LogP contribution in [0.2, 0.25) is 0 Å². The van der Waals surface area contributed by atoms with Crippen molar-refractivity contribution in [3.05, 3.63) is 60.0 Å². The first-order valence-corrected chi connectivity index (χ1v) is 10.4. The van der Waals surface area contributed by atoms with Gasteiger partial charge in [-0.25, -0.2) is 14.3 Å². The van der Waals surface area contributed by atoms with Gasteiger partial charge in [-0.3, -0.25) is 4.90 Å². The van der Waals surface area contributed by atoms with Crippen molar-refractivity contribution in [3.8, 4) is 11.4 Å². The maximum absolute atomic E-state index is 10.6. The monoisotopic (exact) mass is 475 g/mol. The van der Waals surface area contributed by atoms with Crippen LogP contribution in [-0.4, -0.2) is 65.0 Å². The fourth-order valence-corrected chi connectivity index (χ4v) is 3.39. The quantitative estimate of drug-likeness (QED) is 0.464. The molecule has 0 bridgehead atoms. The molecule has 1 fully saturated rings. The van der Waals surface area contributed by atoms with Gasteiger partial charge in [0, 0.05) is 24.5 Å². The molecule has 0 amide bonds. The van der Waals surface area contributed by atoms with Crippen molar-refractivity contribution in [3.63, 3.8) is 0 Å². The number of likely N-dealkylation sites (tertiary alicyclic amines) is 1.